The molecule has 4 heterocycles. The number of ether oxygens (including phenoxy) is 3. The second-order valence-electron chi connectivity index (χ2n) is 12.4. The maximum absolute atomic E-state index is 12.9. The minimum atomic E-state index is -0.948. The monoisotopic (exact) mass is 595 g/mol. The average molecular weight is 596 g/mol. The van der Waals surface area contributed by atoms with Crippen LogP contribution in [0.1, 0.15) is 71.9 Å². The molecular weight excluding hydrogens is 550 g/mol. The molecule has 0 aliphatic carbocycles. The topological polar surface area (TPSA) is 132 Å². The first-order valence-electron chi connectivity index (χ1n) is 15.1. The Labute approximate surface area is 254 Å². The van der Waals surface area contributed by atoms with E-state index >= 15 is 0 Å². The highest BCUT2D eigenvalue weighted by Crippen LogP contribution is 2.43. The number of fused-ring (bicyclic) bond motifs is 3. The first kappa shape index (κ1) is 32.6. The number of allylic oxidation sites excluding steroid dienone is 5. The molecule has 3 aliphatic rings. The molecule has 9 atom stereocenters. The summed E-state index contributed by atoms with van der Waals surface area (Å²) in [4.78, 5) is 29.4. The molecule has 0 saturated carbocycles. The van der Waals surface area contributed by atoms with Gasteiger partial charge in [0.1, 0.15) is 35.9 Å². The minimum absolute atomic E-state index is 0.0169. The molecule has 2 fully saturated rings. The molecule has 1 aromatic rings. The van der Waals surface area contributed by atoms with Crippen molar-refractivity contribution in [1.29, 1.82) is 0 Å². The quantitative estimate of drug-likeness (QED) is 0.198. The number of aliphatic hydroxyl groups excluding tert-OH is 2. The van der Waals surface area contributed by atoms with Gasteiger partial charge in [-0.3, -0.25) is 4.79 Å². The Morgan fingerprint density at radius 3 is 2.67 bits per heavy atom. The Kier molecular flexibility index (Phi) is 10.6. The van der Waals surface area contributed by atoms with E-state index in [1.807, 2.05) is 64.2 Å². The Balaban J connectivity index is 1.49. The van der Waals surface area contributed by atoms with E-state index in [4.69, 9.17) is 18.6 Å². The summed E-state index contributed by atoms with van der Waals surface area (Å²) in [5.74, 6) is -0.667. The Morgan fingerprint density at radius 1 is 1.19 bits per heavy atom. The number of aliphatic hydroxyl groups is 2. The number of rotatable bonds is 6. The second kappa shape index (κ2) is 14.0. The lowest BCUT2D eigenvalue weighted by Gasteiger charge is -2.31. The zero-order valence-electron chi connectivity index (χ0n) is 25.9. The highest BCUT2D eigenvalue weighted by molar-refractivity contribution is 5.82. The number of carbonyl (C=O) groups excluding carboxylic acids is 2. The van der Waals surface area contributed by atoms with Crippen molar-refractivity contribution in [3.63, 3.8) is 0 Å². The van der Waals surface area contributed by atoms with Crippen molar-refractivity contribution in [2.75, 3.05) is 0 Å². The van der Waals surface area contributed by atoms with E-state index in [2.05, 4.69) is 4.98 Å². The number of aromatic nitrogens is 1. The SMILES string of the molecule is CC(/C=C/C=C(\C)[C@H](O)[C@@H](C)C1C[C@H](O)[C@]2(C)O[C@@H]2/C=C/[C@@H](C)[C@H]2C[C@@H](C/C=C/C(=O)O1)CC(=O)O2)=C\c1coc(C)n1. The van der Waals surface area contributed by atoms with Crippen molar-refractivity contribution in [3.05, 3.63) is 71.5 Å². The minimum Gasteiger partial charge on any atom is -0.462 e. The number of hydrogen-bond acceptors (Lipinski definition) is 9. The van der Waals surface area contributed by atoms with Gasteiger partial charge < -0.3 is 28.8 Å². The zero-order chi connectivity index (χ0) is 31.3. The van der Waals surface area contributed by atoms with Gasteiger partial charge in [-0.05, 0) is 56.8 Å². The van der Waals surface area contributed by atoms with Gasteiger partial charge in [0.15, 0.2) is 5.89 Å². The van der Waals surface area contributed by atoms with Crippen LogP contribution in [0.3, 0.4) is 0 Å². The number of cyclic esters (lactones) is 1. The van der Waals surface area contributed by atoms with Gasteiger partial charge in [0.25, 0.3) is 0 Å². The summed E-state index contributed by atoms with van der Waals surface area (Å²) in [7, 11) is 0. The molecule has 9 heteroatoms. The number of carbonyl (C=O) groups is 2. The van der Waals surface area contributed by atoms with Crippen LogP contribution in [-0.2, 0) is 23.8 Å². The fourth-order valence-electron chi connectivity index (χ4n) is 5.72. The molecule has 0 spiro atoms. The maximum Gasteiger partial charge on any atom is 0.330 e. The zero-order valence-corrected chi connectivity index (χ0v) is 25.9. The lowest BCUT2D eigenvalue weighted by atomic mass is 9.85. The predicted molar refractivity (Wildman–Crippen MR) is 161 cm³/mol. The molecule has 0 aromatic carbocycles. The summed E-state index contributed by atoms with van der Waals surface area (Å²) in [6, 6.07) is 0. The van der Waals surface area contributed by atoms with Crippen molar-refractivity contribution in [3.8, 4) is 0 Å². The summed E-state index contributed by atoms with van der Waals surface area (Å²) in [5, 5.41) is 22.4. The number of oxazole rings is 1. The van der Waals surface area contributed by atoms with Gasteiger partial charge in [-0.2, -0.15) is 0 Å². The summed E-state index contributed by atoms with van der Waals surface area (Å²) in [6.45, 7) is 11.2. The van der Waals surface area contributed by atoms with Crippen molar-refractivity contribution in [1.82, 2.24) is 4.98 Å². The van der Waals surface area contributed by atoms with Crippen LogP contribution < -0.4 is 0 Å². The Morgan fingerprint density at radius 2 is 1.95 bits per heavy atom. The van der Waals surface area contributed by atoms with E-state index in [-0.39, 0.29) is 36.4 Å². The third kappa shape index (κ3) is 8.65. The lowest BCUT2D eigenvalue weighted by Crippen LogP contribution is -2.40. The molecular formula is C34H45NO8. The van der Waals surface area contributed by atoms with Crippen LogP contribution >= 0.6 is 0 Å². The van der Waals surface area contributed by atoms with E-state index in [0.717, 1.165) is 11.3 Å². The lowest BCUT2D eigenvalue weighted by molar-refractivity contribution is -0.158. The number of epoxide rings is 1. The van der Waals surface area contributed by atoms with Gasteiger partial charge >= 0.3 is 11.9 Å². The summed E-state index contributed by atoms with van der Waals surface area (Å²) < 4.78 is 22.6. The Bertz CT molecular complexity index is 1300. The number of aryl methyl sites for hydroxylation is 1. The highest BCUT2D eigenvalue weighted by Gasteiger charge is 2.57. The molecule has 9 nitrogen and oxygen atoms in total. The van der Waals surface area contributed by atoms with Crippen LogP contribution in [0, 0.1) is 24.7 Å². The molecule has 234 valence electrons. The molecule has 1 aromatic heterocycles. The molecule has 1 unspecified atom stereocenters. The molecule has 0 amide bonds. The standard InChI is InChI=1S/C34H45NO8/c1-20(15-26-19-40-24(5)35-26)9-7-10-22(3)33(39)23(4)28-18-29(36)34(6)30(43-34)14-13-21(2)27-16-25(17-32(38)41-27)11-8-12-31(37)42-28/h7-10,12-15,19,21,23,25,27-30,33,36,39H,11,16-18H2,1-6H3/b9-7+,12-8+,14-13+,20-15+,22-10+/t21-,23+,25-,27-,28?,29+,30-,33+,34+/m1/s1. The normalized spacial score (nSPS) is 35.4. The molecule has 2 bridgehead atoms. The van der Waals surface area contributed by atoms with Crippen molar-refractivity contribution >= 4 is 18.0 Å². The van der Waals surface area contributed by atoms with Gasteiger partial charge in [-0.25, -0.2) is 9.78 Å². The third-order valence-electron chi connectivity index (χ3n) is 8.76. The molecule has 0 radical (unpaired) electrons. The van der Waals surface area contributed by atoms with E-state index in [9.17, 15) is 19.8 Å². The van der Waals surface area contributed by atoms with Crippen LogP contribution in [0.4, 0.5) is 0 Å². The van der Waals surface area contributed by atoms with Gasteiger partial charge in [0.05, 0.1) is 12.2 Å². The van der Waals surface area contributed by atoms with Gasteiger partial charge in [-0.15, -0.1) is 0 Å². The van der Waals surface area contributed by atoms with Crippen molar-refractivity contribution < 1.29 is 38.4 Å². The molecule has 43 heavy (non-hydrogen) atoms. The fourth-order valence-corrected chi connectivity index (χ4v) is 5.72. The van der Waals surface area contributed by atoms with Gasteiger partial charge in [0, 0.05) is 37.7 Å². The van der Waals surface area contributed by atoms with Crippen molar-refractivity contribution in [2.45, 2.75) is 103 Å². The van der Waals surface area contributed by atoms with Crippen LogP contribution in [0.5, 0.6) is 0 Å². The van der Waals surface area contributed by atoms with Gasteiger partial charge in [-0.1, -0.05) is 50.3 Å². The largest absolute Gasteiger partial charge is 0.462 e. The van der Waals surface area contributed by atoms with Gasteiger partial charge in [0.2, 0.25) is 0 Å². The highest BCUT2D eigenvalue weighted by atomic mass is 16.6. The average Bonchev–Trinajstić information content (AvgIpc) is 3.46. The Hall–Kier alpha value is -3.27. The predicted octanol–water partition coefficient (Wildman–Crippen LogP) is 5.18. The third-order valence-corrected chi connectivity index (χ3v) is 8.76. The summed E-state index contributed by atoms with van der Waals surface area (Å²) in [6.07, 6.45) is 14.5. The molecule has 4 rings (SSSR count). The van der Waals surface area contributed by atoms with E-state index in [0.29, 0.717) is 30.7 Å². The molecule has 3 aliphatic heterocycles. The van der Waals surface area contributed by atoms with Crippen LogP contribution in [0.15, 0.2) is 64.4 Å². The first-order chi connectivity index (χ1) is 20.4. The molecule has 2 saturated heterocycles. The van der Waals surface area contributed by atoms with Crippen molar-refractivity contribution in [2.24, 2.45) is 17.8 Å². The second-order valence-corrected chi connectivity index (χ2v) is 12.4. The van der Waals surface area contributed by atoms with E-state index in [1.165, 1.54) is 6.08 Å². The fraction of sp³-hybridized carbons (Fsp3) is 0.559. The number of hydrogen-bond donors (Lipinski definition) is 2. The van der Waals surface area contributed by atoms with Crippen LogP contribution in [0.2, 0.25) is 0 Å². The number of nitrogens with zero attached hydrogens (tertiary/aromatic N) is 1. The maximum atomic E-state index is 12.9. The van der Waals surface area contributed by atoms with E-state index in [1.54, 1.807) is 26.2 Å². The molecule has 2 N–H and O–H groups in total. The summed E-state index contributed by atoms with van der Waals surface area (Å²) in [5.41, 5.74) is 1.51. The van der Waals surface area contributed by atoms with E-state index < -0.39 is 35.8 Å². The van der Waals surface area contributed by atoms with Crippen LogP contribution in [-0.4, -0.2) is 63.3 Å². The van der Waals surface area contributed by atoms with Crippen LogP contribution in [0.25, 0.3) is 6.08 Å². The number of esters is 2. The smallest absolute Gasteiger partial charge is 0.330 e. The summed E-state index contributed by atoms with van der Waals surface area (Å²) >= 11 is 0. The first-order valence-corrected chi connectivity index (χ1v) is 15.1.